The van der Waals surface area contributed by atoms with E-state index < -0.39 is 0 Å². The van der Waals surface area contributed by atoms with Gasteiger partial charge in [0.2, 0.25) is 5.91 Å². The van der Waals surface area contributed by atoms with Crippen molar-refractivity contribution in [2.24, 2.45) is 0 Å². The number of carbonyl (C=O) groups is 1. The second-order valence-electron chi connectivity index (χ2n) is 5.46. The highest BCUT2D eigenvalue weighted by molar-refractivity contribution is 5.82. The van der Waals surface area contributed by atoms with Crippen molar-refractivity contribution in [2.45, 2.75) is 57.2 Å². The van der Waals surface area contributed by atoms with E-state index in [9.17, 15) is 4.79 Å². The standard InChI is InChI=1S/C12H22N2O2/c1-12(2)8-9(5-7-16-12)14-11(15)10-4-3-6-13-10/h9-10,13H,3-8H2,1-2H3,(H,14,15)/t9?,10-/m0/s1. The Labute approximate surface area is 97.1 Å². The van der Waals surface area contributed by atoms with E-state index in [2.05, 4.69) is 24.5 Å². The first-order valence-electron chi connectivity index (χ1n) is 6.24. The van der Waals surface area contributed by atoms with Crippen LogP contribution in [0, 0.1) is 0 Å². The number of amides is 1. The lowest BCUT2D eigenvalue weighted by Crippen LogP contribution is -2.50. The van der Waals surface area contributed by atoms with E-state index in [1.54, 1.807) is 0 Å². The number of rotatable bonds is 2. The number of nitrogens with one attached hydrogen (secondary N) is 2. The van der Waals surface area contributed by atoms with Gasteiger partial charge in [0.15, 0.2) is 0 Å². The average Bonchev–Trinajstić information content (AvgIpc) is 2.68. The topological polar surface area (TPSA) is 50.4 Å². The van der Waals surface area contributed by atoms with Crippen LogP contribution in [0.4, 0.5) is 0 Å². The third kappa shape index (κ3) is 2.95. The van der Waals surface area contributed by atoms with Gasteiger partial charge in [0.25, 0.3) is 0 Å². The number of hydrogen-bond acceptors (Lipinski definition) is 3. The molecule has 0 bridgehead atoms. The van der Waals surface area contributed by atoms with Crippen LogP contribution in [0.2, 0.25) is 0 Å². The molecule has 2 atom stereocenters. The maximum absolute atomic E-state index is 11.9. The zero-order valence-electron chi connectivity index (χ0n) is 10.2. The number of ether oxygens (including phenoxy) is 1. The van der Waals surface area contributed by atoms with Gasteiger partial charge in [-0.1, -0.05) is 0 Å². The van der Waals surface area contributed by atoms with Crippen molar-refractivity contribution in [2.75, 3.05) is 13.2 Å². The Balaban J connectivity index is 1.82. The van der Waals surface area contributed by atoms with Crippen LogP contribution in [0.1, 0.15) is 39.5 Å². The summed E-state index contributed by atoms with van der Waals surface area (Å²) in [5.41, 5.74) is -0.0979. The fourth-order valence-electron chi connectivity index (χ4n) is 2.57. The fraction of sp³-hybridized carbons (Fsp3) is 0.917. The predicted octanol–water partition coefficient (Wildman–Crippen LogP) is 0.812. The van der Waals surface area contributed by atoms with Crippen molar-refractivity contribution >= 4 is 5.91 Å². The fourth-order valence-corrected chi connectivity index (χ4v) is 2.57. The van der Waals surface area contributed by atoms with Gasteiger partial charge in [-0.3, -0.25) is 4.79 Å². The molecule has 1 unspecified atom stereocenters. The normalized spacial score (nSPS) is 33.6. The smallest absolute Gasteiger partial charge is 0.237 e. The van der Waals surface area contributed by atoms with E-state index in [1.807, 2.05) is 0 Å². The molecule has 16 heavy (non-hydrogen) atoms. The summed E-state index contributed by atoms with van der Waals surface area (Å²) >= 11 is 0. The van der Waals surface area contributed by atoms with Crippen LogP contribution in [0.3, 0.4) is 0 Å². The van der Waals surface area contributed by atoms with Crippen molar-refractivity contribution in [3.8, 4) is 0 Å². The minimum Gasteiger partial charge on any atom is -0.375 e. The quantitative estimate of drug-likeness (QED) is 0.732. The zero-order chi connectivity index (χ0) is 11.6. The Kier molecular flexibility index (Phi) is 3.50. The Morgan fingerprint density at radius 2 is 2.25 bits per heavy atom. The third-order valence-corrected chi connectivity index (χ3v) is 3.42. The minimum atomic E-state index is -0.0979. The third-order valence-electron chi connectivity index (χ3n) is 3.42. The van der Waals surface area contributed by atoms with Crippen LogP contribution in [0.15, 0.2) is 0 Å². The molecule has 2 aliphatic heterocycles. The summed E-state index contributed by atoms with van der Waals surface area (Å²) in [4.78, 5) is 11.9. The summed E-state index contributed by atoms with van der Waals surface area (Å²) in [6.45, 7) is 5.88. The van der Waals surface area contributed by atoms with E-state index in [4.69, 9.17) is 4.74 Å². The lowest BCUT2D eigenvalue weighted by molar-refractivity contribution is -0.125. The predicted molar refractivity (Wildman–Crippen MR) is 62.2 cm³/mol. The first-order chi connectivity index (χ1) is 7.57. The number of hydrogen-bond donors (Lipinski definition) is 2. The highest BCUT2D eigenvalue weighted by Crippen LogP contribution is 2.24. The van der Waals surface area contributed by atoms with E-state index in [0.29, 0.717) is 0 Å². The summed E-state index contributed by atoms with van der Waals surface area (Å²) in [5.74, 6) is 0.167. The largest absolute Gasteiger partial charge is 0.375 e. The highest BCUT2D eigenvalue weighted by Gasteiger charge is 2.31. The van der Waals surface area contributed by atoms with Crippen LogP contribution >= 0.6 is 0 Å². The zero-order valence-corrected chi connectivity index (χ0v) is 10.2. The molecule has 0 aliphatic carbocycles. The molecule has 2 fully saturated rings. The van der Waals surface area contributed by atoms with Crippen LogP contribution in [-0.4, -0.2) is 36.7 Å². The van der Waals surface area contributed by atoms with Crippen molar-refractivity contribution in [1.82, 2.24) is 10.6 Å². The molecule has 0 aromatic heterocycles. The molecule has 2 aliphatic rings. The van der Waals surface area contributed by atoms with E-state index in [1.165, 1.54) is 0 Å². The van der Waals surface area contributed by atoms with Gasteiger partial charge in [0.1, 0.15) is 0 Å². The average molecular weight is 226 g/mol. The SMILES string of the molecule is CC1(C)CC(NC(=O)[C@@H]2CCCN2)CCO1. The molecule has 0 aromatic carbocycles. The summed E-state index contributed by atoms with van der Waals surface area (Å²) in [6, 6.07) is 0.310. The van der Waals surface area contributed by atoms with Gasteiger partial charge in [-0.05, 0) is 46.1 Å². The number of carbonyl (C=O) groups excluding carboxylic acids is 1. The molecule has 2 N–H and O–H groups in total. The molecule has 4 nitrogen and oxygen atoms in total. The molecule has 0 saturated carbocycles. The molecule has 2 heterocycles. The monoisotopic (exact) mass is 226 g/mol. The highest BCUT2D eigenvalue weighted by atomic mass is 16.5. The first-order valence-corrected chi connectivity index (χ1v) is 6.24. The Hall–Kier alpha value is -0.610. The molecule has 1 amide bonds. The van der Waals surface area contributed by atoms with Crippen LogP contribution < -0.4 is 10.6 Å². The second kappa shape index (κ2) is 4.72. The van der Waals surface area contributed by atoms with E-state index in [0.717, 1.165) is 38.8 Å². The van der Waals surface area contributed by atoms with Gasteiger partial charge < -0.3 is 15.4 Å². The van der Waals surface area contributed by atoms with Gasteiger partial charge in [0.05, 0.1) is 11.6 Å². The molecule has 2 saturated heterocycles. The van der Waals surface area contributed by atoms with Crippen molar-refractivity contribution < 1.29 is 9.53 Å². The van der Waals surface area contributed by atoms with Gasteiger partial charge >= 0.3 is 0 Å². The van der Waals surface area contributed by atoms with E-state index in [-0.39, 0.29) is 23.6 Å². The molecule has 2 rings (SSSR count). The van der Waals surface area contributed by atoms with Crippen LogP contribution in [0.25, 0.3) is 0 Å². The van der Waals surface area contributed by atoms with Crippen LogP contribution in [0.5, 0.6) is 0 Å². The molecule has 92 valence electrons. The minimum absolute atomic E-state index is 0.0333. The van der Waals surface area contributed by atoms with Crippen molar-refractivity contribution in [3.63, 3.8) is 0 Å². The maximum Gasteiger partial charge on any atom is 0.237 e. The maximum atomic E-state index is 11.9. The summed E-state index contributed by atoms with van der Waals surface area (Å²) < 4.78 is 5.64. The molecule has 0 radical (unpaired) electrons. The van der Waals surface area contributed by atoms with E-state index >= 15 is 0 Å². The van der Waals surface area contributed by atoms with Crippen LogP contribution in [-0.2, 0) is 9.53 Å². The summed E-state index contributed by atoms with van der Waals surface area (Å²) in [5, 5.41) is 6.36. The molecular weight excluding hydrogens is 204 g/mol. The van der Waals surface area contributed by atoms with Gasteiger partial charge in [0, 0.05) is 12.6 Å². The Bertz CT molecular complexity index is 260. The lowest BCUT2D eigenvalue weighted by Gasteiger charge is -2.36. The Morgan fingerprint density at radius 1 is 1.44 bits per heavy atom. The summed E-state index contributed by atoms with van der Waals surface area (Å²) in [7, 11) is 0. The van der Waals surface area contributed by atoms with Crippen molar-refractivity contribution in [1.29, 1.82) is 0 Å². The molecule has 0 aromatic rings. The molecular formula is C12H22N2O2. The van der Waals surface area contributed by atoms with Gasteiger partial charge in [-0.15, -0.1) is 0 Å². The van der Waals surface area contributed by atoms with Gasteiger partial charge in [-0.25, -0.2) is 0 Å². The first kappa shape index (κ1) is 11.9. The Morgan fingerprint density at radius 3 is 2.88 bits per heavy atom. The van der Waals surface area contributed by atoms with Gasteiger partial charge in [-0.2, -0.15) is 0 Å². The lowest BCUT2D eigenvalue weighted by atomic mass is 9.93. The van der Waals surface area contributed by atoms with Crippen molar-refractivity contribution in [3.05, 3.63) is 0 Å². The molecule has 4 heteroatoms. The summed E-state index contributed by atoms with van der Waals surface area (Å²) in [6.07, 6.45) is 3.92. The molecule has 0 spiro atoms. The second-order valence-corrected chi connectivity index (χ2v) is 5.46.